The molecule has 0 aliphatic rings. The van der Waals surface area contributed by atoms with Crippen molar-refractivity contribution in [1.82, 2.24) is 14.5 Å². The number of hydrogen-bond donors (Lipinski definition) is 1. The lowest BCUT2D eigenvalue weighted by molar-refractivity contribution is -0.121. The maximum atomic E-state index is 13.1. The van der Waals surface area contributed by atoms with Gasteiger partial charge >= 0.3 is 0 Å². The average molecular weight is 399 g/mol. The molecule has 0 aliphatic carbocycles. The van der Waals surface area contributed by atoms with E-state index in [0.717, 1.165) is 16.5 Å². The number of fused-ring (bicyclic) bond motifs is 1. The summed E-state index contributed by atoms with van der Waals surface area (Å²) >= 11 is 0. The summed E-state index contributed by atoms with van der Waals surface area (Å²) in [5.41, 5.74) is 5.05. The summed E-state index contributed by atoms with van der Waals surface area (Å²) in [6, 6.07) is 20.0. The predicted molar refractivity (Wildman–Crippen MR) is 120 cm³/mol. The van der Waals surface area contributed by atoms with Crippen molar-refractivity contribution in [2.45, 2.75) is 33.5 Å². The largest absolute Gasteiger partial charge is 0.350 e. The fourth-order valence-electron chi connectivity index (χ4n) is 3.61. The highest BCUT2D eigenvalue weighted by atomic mass is 16.2. The molecule has 4 aromatic rings. The van der Waals surface area contributed by atoms with E-state index >= 15 is 0 Å². The van der Waals surface area contributed by atoms with E-state index in [4.69, 9.17) is 0 Å². The second kappa shape index (κ2) is 8.41. The van der Waals surface area contributed by atoms with Crippen LogP contribution in [0.5, 0.6) is 0 Å². The lowest BCUT2D eigenvalue weighted by Crippen LogP contribution is -2.32. The quantitative estimate of drug-likeness (QED) is 0.536. The van der Waals surface area contributed by atoms with E-state index in [9.17, 15) is 9.59 Å². The molecule has 0 bridgehead atoms. The van der Waals surface area contributed by atoms with Crippen molar-refractivity contribution in [2.75, 3.05) is 0 Å². The van der Waals surface area contributed by atoms with Crippen LogP contribution in [-0.2, 0) is 24.4 Å². The molecule has 5 heteroatoms. The number of nitrogens with one attached hydrogen (secondary N) is 1. The summed E-state index contributed by atoms with van der Waals surface area (Å²) in [6.45, 7) is 5.17. The molecule has 0 unspecified atom stereocenters. The Labute approximate surface area is 175 Å². The standard InChI is InChI=1S/C25H25N3O2/c1-18-8-9-21(14-19(18)2)15-26-23(29)17-28-13-11-22-10-12-27(24(22)25(28)30)16-20-6-4-3-5-7-20/h3-14H,15-17H2,1-2H3,(H,26,29). The van der Waals surface area contributed by atoms with Crippen molar-refractivity contribution >= 4 is 16.8 Å². The fourth-order valence-corrected chi connectivity index (χ4v) is 3.61. The minimum atomic E-state index is -0.184. The predicted octanol–water partition coefficient (Wildman–Crippen LogP) is 3.78. The van der Waals surface area contributed by atoms with Gasteiger partial charge in [-0.15, -0.1) is 0 Å². The van der Waals surface area contributed by atoms with Crippen LogP contribution in [0.1, 0.15) is 22.3 Å². The zero-order valence-corrected chi connectivity index (χ0v) is 17.3. The molecule has 4 rings (SSSR count). The van der Waals surface area contributed by atoms with Gasteiger partial charge in [0, 0.05) is 30.9 Å². The number of nitrogens with zero attached hydrogens (tertiary/aromatic N) is 2. The summed E-state index contributed by atoms with van der Waals surface area (Å²) in [6.07, 6.45) is 3.61. The van der Waals surface area contributed by atoms with Crippen LogP contribution in [0.2, 0.25) is 0 Å². The smallest absolute Gasteiger partial charge is 0.275 e. The third kappa shape index (κ3) is 4.20. The fraction of sp³-hybridized carbons (Fsp3) is 0.200. The Bertz CT molecular complexity index is 1250. The molecule has 2 heterocycles. The zero-order chi connectivity index (χ0) is 21.1. The maximum Gasteiger partial charge on any atom is 0.275 e. The monoisotopic (exact) mass is 399 g/mol. The van der Waals surface area contributed by atoms with Crippen LogP contribution in [0.25, 0.3) is 10.9 Å². The van der Waals surface area contributed by atoms with E-state index in [-0.39, 0.29) is 18.0 Å². The van der Waals surface area contributed by atoms with E-state index in [1.807, 2.05) is 59.3 Å². The van der Waals surface area contributed by atoms with E-state index in [1.165, 1.54) is 15.7 Å². The number of pyridine rings is 1. The second-order valence-electron chi connectivity index (χ2n) is 7.68. The van der Waals surface area contributed by atoms with E-state index in [2.05, 4.69) is 31.3 Å². The van der Waals surface area contributed by atoms with Crippen LogP contribution >= 0.6 is 0 Å². The highest BCUT2D eigenvalue weighted by molar-refractivity contribution is 5.80. The first-order valence-electron chi connectivity index (χ1n) is 10.1. The van der Waals surface area contributed by atoms with Gasteiger partial charge in [0.25, 0.3) is 5.56 Å². The van der Waals surface area contributed by atoms with Gasteiger partial charge in [0.2, 0.25) is 5.91 Å². The van der Waals surface area contributed by atoms with Gasteiger partial charge in [-0.05, 0) is 48.2 Å². The van der Waals surface area contributed by atoms with Gasteiger partial charge in [-0.3, -0.25) is 9.59 Å². The molecule has 2 aromatic carbocycles. The Morgan fingerprint density at radius 2 is 1.60 bits per heavy atom. The van der Waals surface area contributed by atoms with Gasteiger partial charge in [0.05, 0.1) is 0 Å². The molecule has 152 valence electrons. The molecular weight excluding hydrogens is 374 g/mol. The van der Waals surface area contributed by atoms with Gasteiger partial charge in [0.15, 0.2) is 0 Å². The van der Waals surface area contributed by atoms with Gasteiger partial charge in [0.1, 0.15) is 12.1 Å². The molecule has 0 spiro atoms. The highest BCUT2D eigenvalue weighted by Crippen LogP contribution is 2.14. The molecule has 0 atom stereocenters. The normalized spacial score (nSPS) is 11.0. The van der Waals surface area contributed by atoms with Crippen molar-refractivity contribution in [3.05, 3.63) is 106 Å². The van der Waals surface area contributed by atoms with E-state index in [1.54, 1.807) is 6.20 Å². The first-order chi connectivity index (χ1) is 14.5. The molecule has 1 amide bonds. The van der Waals surface area contributed by atoms with E-state index in [0.29, 0.717) is 18.6 Å². The lowest BCUT2D eigenvalue weighted by Gasteiger charge is -2.10. The van der Waals surface area contributed by atoms with Crippen molar-refractivity contribution in [3.63, 3.8) is 0 Å². The molecule has 0 radical (unpaired) electrons. The number of amides is 1. The Morgan fingerprint density at radius 3 is 2.33 bits per heavy atom. The maximum absolute atomic E-state index is 13.1. The number of hydrogen-bond acceptors (Lipinski definition) is 2. The van der Waals surface area contributed by atoms with Crippen molar-refractivity contribution in [1.29, 1.82) is 0 Å². The molecular formula is C25H25N3O2. The molecule has 1 N–H and O–H groups in total. The SMILES string of the molecule is Cc1ccc(CNC(=O)Cn2ccc3ccn(Cc4ccccc4)c3c2=O)cc1C. The molecule has 5 nitrogen and oxygen atoms in total. The van der Waals surface area contributed by atoms with Crippen molar-refractivity contribution in [3.8, 4) is 0 Å². The Hall–Kier alpha value is -3.60. The average Bonchev–Trinajstić information content (AvgIpc) is 3.15. The first-order valence-corrected chi connectivity index (χ1v) is 10.1. The zero-order valence-electron chi connectivity index (χ0n) is 17.3. The molecule has 0 aliphatic heterocycles. The highest BCUT2D eigenvalue weighted by Gasteiger charge is 2.11. The van der Waals surface area contributed by atoms with E-state index < -0.39 is 0 Å². The third-order valence-corrected chi connectivity index (χ3v) is 5.46. The first kappa shape index (κ1) is 19.7. The number of carbonyl (C=O) groups excluding carboxylic acids is 1. The van der Waals surface area contributed by atoms with Crippen molar-refractivity contribution in [2.24, 2.45) is 0 Å². The lowest BCUT2D eigenvalue weighted by atomic mass is 10.1. The summed E-state index contributed by atoms with van der Waals surface area (Å²) < 4.78 is 3.41. The van der Waals surface area contributed by atoms with Crippen LogP contribution in [-0.4, -0.2) is 15.0 Å². The van der Waals surface area contributed by atoms with Gasteiger partial charge < -0.3 is 14.5 Å². The van der Waals surface area contributed by atoms with Crippen LogP contribution < -0.4 is 10.9 Å². The van der Waals surface area contributed by atoms with Gasteiger partial charge in [-0.25, -0.2) is 0 Å². The van der Waals surface area contributed by atoms with Crippen LogP contribution in [0.4, 0.5) is 0 Å². The number of aryl methyl sites for hydroxylation is 2. The third-order valence-electron chi connectivity index (χ3n) is 5.46. The summed E-state index contributed by atoms with van der Waals surface area (Å²) in [7, 11) is 0. The Morgan fingerprint density at radius 1 is 0.867 bits per heavy atom. The summed E-state index contributed by atoms with van der Waals surface area (Å²) in [5.74, 6) is -0.184. The molecule has 30 heavy (non-hydrogen) atoms. The van der Waals surface area contributed by atoms with Crippen molar-refractivity contribution < 1.29 is 4.79 Å². The van der Waals surface area contributed by atoms with Crippen LogP contribution in [0.3, 0.4) is 0 Å². The molecule has 0 fully saturated rings. The van der Waals surface area contributed by atoms with Crippen LogP contribution in [0.15, 0.2) is 77.9 Å². The number of rotatable bonds is 6. The second-order valence-corrected chi connectivity index (χ2v) is 7.68. The van der Waals surface area contributed by atoms with Gasteiger partial charge in [-0.1, -0.05) is 48.5 Å². The summed E-state index contributed by atoms with van der Waals surface area (Å²) in [5, 5.41) is 3.79. The minimum Gasteiger partial charge on any atom is -0.350 e. The topological polar surface area (TPSA) is 56.0 Å². The molecule has 0 saturated carbocycles. The molecule has 0 saturated heterocycles. The van der Waals surface area contributed by atoms with Crippen LogP contribution in [0, 0.1) is 13.8 Å². The number of benzene rings is 2. The Balaban J connectivity index is 1.50. The number of carbonyl (C=O) groups is 1. The van der Waals surface area contributed by atoms with Gasteiger partial charge in [-0.2, -0.15) is 0 Å². The number of aromatic nitrogens is 2. The Kier molecular flexibility index (Phi) is 5.53. The molecule has 2 aromatic heterocycles. The summed E-state index contributed by atoms with van der Waals surface area (Å²) in [4.78, 5) is 25.5. The minimum absolute atomic E-state index is 0.00384.